The molecule has 0 fully saturated rings. The van der Waals surface area contributed by atoms with Crippen LogP contribution in [-0.4, -0.2) is 23.3 Å². The molecule has 1 rings (SSSR count). The average Bonchev–Trinajstić information content (AvgIpc) is 1.72. The third kappa shape index (κ3) is 1.71. The molecule has 0 aromatic carbocycles. The number of halogens is 1. The fourth-order valence-electron chi connectivity index (χ4n) is 0.326. The summed E-state index contributed by atoms with van der Waals surface area (Å²) in [6, 6.07) is 0. The van der Waals surface area contributed by atoms with Crippen molar-refractivity contribution in [2.75, 3.05) is 0 Å². The fraction of sp³-hybridized carbons (Fsp3) is 0. The minimum atomic E-state index is 0.652. The number of hydrogen-bond donors (Lipinski definition) is 0. The van der Waals surface area contributed by atoms with Crippen LogP contribution in [0.3, 0.4) is 0 Å². The first-order valence-corrected chi connectivity index (χ1v) is 14.8. The van der Waals surface area contributed by atoms with Crippen molar-refractivity contribution in [1.82, 2.24) is 0 Å². The maximum absolute atomic E-state index is 2.50. The van der Waals surface area contributed by atoms with Gasteiger partial charge in [-0.3, -0.25) is 0 Å². The van der Waals surface area contributed by atoms with E-state index >= 15 is 0 Å². The normalized spacial score (nSPS) is 24.0. The molecule has 1 aliphatic heterocycles. The van der Waals surface area contributed by atoms with Gasteiger partial charge in [-0.1, -0.05) is 0 Å². The summed E-state index contributed by atoms with van der Waals surface area (Å²) in [5.74, 6) is 0. The fourth-order valence-corrected chi connectivity index (χ4v) is 29.5. The third-order valence-electron chi connectivity index (χ3n) is 0.587. The topological polar surface area (TPSA) is 0 Å². The van der Waals surface area contributed by atoms with Gasteiger partial charge in [-0.15, -0.1) is 0 Å². The quantitative estimate of drug-likeness (QED) is 0.227. The average molecular weight is 241 g/mol. The summed E-state index contributed by atoms with van der Waals surface area (Å²) in [6.07, 6.45) is 0. The van der Waals surface area contributed by atoms with Crippen molar-refractivity contribution >= 4 is 23.3 Å². The predicted octanol–water partition coefficient (Wildman–Crippen LogP) is -4.65. The Bertz CT molecular complexity index is 74.8. The van der Waals surface area contributed by atoms with Crippen LogP contribution in [0.5, 0.6) is 0 Å². The van der Waals surface area contributed by atoms with Crippen molar-refractivity contribution in [1.29, 1.82) is 0 Å². The third-order valence-corrected chi connectivity index (χ3v) is 29.4. The van der Waals surface area contributed by atoms with Gasteiger partial charge in [0.2, 0.25) is 0 Å². The zero-order valence-corrected chi connectivity index (χ0v) is 9.28. The zero-order valence-electron chi connectivity index (χ0n) is 3.39. The van der Waals surface area contributed by atoms with Crippen LogP contribution >= 0.6 is 0 Å². The van der Waals surface area contributed by atoms with E-state index in [1.54, 1.807) is 0 Å². The van der Waals surface area contributed by atoms with Gasteiger partial charge in [-0.2, -0.15) is 0 Å². The summed E-state index contributed by atoms with van der Waals surface area (Å²) in [6.45, 7) is 0.652. The molecule has 0 spiro atoms. The van der Waals surface area contributed by atoms with Crippen LogP contribution in [0.2, 0.25) is 0 Å². The van der Waals surface area contributed by atoms with E-state index in [0.717, 1.165) is 37.2 Å². The molecule has 0 aliphatic carbocycles. The van der Waals surface area contributed by atoms with Crippen molar-refractivity contribution in [2.45, 2.75) is 0 Å². The first kappa shape index (κ1) is 5.26. The van der Waals surface area contributed by atoms with E-state index in [-0.39, 0.29) is 0 Å². The van der Waals surface area contributed by atoms with Gasteiger partial charge in [0, 0.05) is 0 Å². The van der Waals surface area contributed by atoms with E-state index in [4.69, 9.17) is 0 Å². The summed E-state index contributed by atoms with van der Waals surface area (Å²) in [5.41, 5.74) is 2.47. The van der Waals surface area contributed by atoms with Gasteiger partial charge in [0.1, 0.15) is 0 Å². The second kappa shape index (κ2) is 3.17. The molecule has 1 aliphatic rings. The molecule has 6 heavy (non-hydrogen) atoms. The van der Waals surface area contributed by atoms with E-state index in [0.29, 0.717) is 6.53 Å². The summed E-state index contributed by atoms with van der Waals surface area (Å²) in [4.78, 5) is 0. The van der Waals surface area contributed by atoms with Crippen molar-refractivity contribution < 1.29 is 20.4 Å². The van der Waals surface area contributed by atoms with Gasteiger partial charge in [-0.25, -0.2) is 0 Å². The molecule has 0 amide bonds. The molecule has 0 radical (unpaired) electrons. The molecule has 4 heteroatoms. The second-order valence-electron chi connectivity index (χ2n) is 1.06. The Labute approximate surface area is 53.3 Å². The molecule has 0 saturated carbocycles. The van der Waals surface area contributed by atoms with Crippen molar-refractivity contribution in [2.24, 2.45) is 0 Å². The second-order valence-corrected chi connectivity index (χ2v) is 21.9. The summed E-state index contributed by atoms with van der Waals surface area (Å²) < 4.78 is 2.50. The van der Waals surface area contributed by atoms with E-state index in [1.165, 1.54) is 0 Å². The van der Waals surface area contributed by atoms with Gasteiger partial charge in [0.25, 0.3) is 0 Å². The molecular formula is C2H6ISi3-. The van der Waals surface area contributed by atoms with Gasteiger partial charge < -0.3 is 0 Å². The minimum absolute atomic E-state index is 0.652. The standard InChI is InChI=1S/C2H6ISi3/c1-2-4-6-5-3-1/h1-2,4,6H,5H2/q-1. The van der Waals surface area contributed by atoms with Gasteiger partial charge >= 0.3 is 53.5 Å². The number of rotatable bonds is 0. The van der Waals surface area contributed by atoms with Crippen LogP contribution < -0.4 is 20.4 Å². The molecule has 0 atom stereocenters. The van der Waals surface area contributed by atoms with Crippen molar-refractivity contribution in [3.63, 3.8) is 0 Å². The molecule has 1 heterocycles. The van der Waals surface area contributed by atoms with Crippen molar-refractivity contribution in [3.8, 4) is 0 Å². The van der Waals surface area contributed by atoms with E-state index in [2.05, 4.69) is 9.78 Å². The van der Waals surface area contributed by atoms with Gasteiger partial charge in [0.15, 0.2) is 0 Å². The van der Waals surface area contributed by atoms with Crippen LogP contribution in [0.4, 0.5) is 0 Å². The predicted molar refractivity (Wildman–Crippen MR) is 32.0 cm³/mol. The Balaban J connectivity index is 2.46. The molecule has 0 unspecified atom stereocenters. The molecule has 0 saturated heterocycles. The Morgan fingerprint density at radius 2 is 2.67 bits per heavy atom. The Kier molecular flexibility index (Phi) is 2.78. The van der Waals surface area contributed by atoms with Gasteiger partial charge in [0.05, 0.1) is 0 Å². The monoisotopic (exact) mass is 241 g/mol. The summed E-state index contributed by atoms with van der Waals surface area (Å²) >= 11 is 0.731. The van der Waals surface area contributed by atoms with E-state index in [1.807, 2.05) is 0 Å². The Morgan fingerprint density at radius 1 is 1.67 bits per heavy atom. The van der Waals surface area contributed by atoms with Crippen LogP contribution in [0, 0.1) is 0 Å². The summed E-state index contributed by atoms with van der Waals surface area (Å²) in [5, 5.41) is 0. The van der Waals surface area contributed by atoms with Crippen LogP contribution in [0.15, 0.2) is 9.78 Å². The SMILES string of the molecule is C1=C[I-][SiH2][SiH]=[SiH]1. The number of hydrogen-bond acceptors (Lipinski definition) is 0. The zero-order chi connectivity index (χ0) is 4.24. The first-order chi connectivity index (χ1) is 3.00. The Hall–Kier alpha value is 1.12. The molecule has 0 aromatic heterocycles. The first-order valence-electron chi connectivity index (χ1n) is 1.89. The Morgan fingerprint density at radius 3 is 2.83 bits per heavy atom. The van der Waals surface area contributed by atoms with Gasteiger partial charge in [-0.05, 0) is 0 Å². The molecule has 0 N–H and O–H groups in total. The van der Waals surface area contributed by atoms with Crippen molar-refractivity contribution in [3.05, 3.63) is 9.78 Å². The molecule has 0 bridgehead atoms. The summed E-state index contributed by atoms with van der Waals surface area (Å²) in [7, 11) is 1.99. The van der Waals surface area contributed by atoms with Crippen LogP contribution in [0.25, 0.3) is 0 Å². The molecular weight excluding hydrogens is 235 g/mol. The van der Waals surface area contributed by atoms with Crippen LogP contribution in [0.1, 0.15) is 0 Å². The van der Waals surface area contributed by atoms with E-state index in [9.17, 15) is 0 Å². The molecule has 0 aromatic rings. The van der Waals surface area contributed by atoms with Crippen LogP contribution in [-0.2, 0) is 0 Å². The molecule has 0 nitrogen and oxygen atoms in total. The van der Waals surface area contributed by atoms with E-state index < -0.39 is 0 Å². The molecule has 34 valence electrons. The maximum atomic E-state index is 2.50.